The molecule has 0 aliphatic rings. The second kappa shape index (κ2) is 3.24. The first kappa shape index (κ1) is 7.11. The molecule has 10 heavy (non-hydrogen) atoms. The summed E-state index contributed by atoms with van der Waals surface area (Å²) in [5, 5.41) is 0. The maximum atomic E-state index is 10.6. The molecule has 1 heterocycles. The van der Waals surface area contributed by atoms with Gasteiger partial charge in [-0.2, -0.15) is 4.29 Å². The van der Waals surface area contributed by atoms with Crippen molar-refractivity contribution < 1.29 is 29.5 Å². The van der Waals surface area contributed by atoms with Gasteiger partial charge in [-0.1, -0.05) is 0 Å². The number of hydrogen-bond donors (Lipinski definition) is 0. The maximum Gasteiger partial charge on any atom is 0.441 e. The van der Waals surface area contributed by atoms with Crippen molar-refractivity contribution in [2.24, 2.45) is 0 Å². The molecular weight excluding hydrogens is 160 g/mol. The molecule has 4 nitrogen and oxygen atoms in total. The Hall–Kier alpha value is -1.00. The predicted octanol–water partition coefficient (Wildman–Crippen LogP) is -0.288. The van der Waals surface area contributed by atoms with E-state index in [-0.39, 0.29) is 17.1 Å². The number of furan rings is 1. The van der Waals surface area contributed by atoms with E-state index < -0.39 is 5.97 Å². The van der Waals surface area contributed by atoms with Gasteiger partial charge >= 0.3 is 17.3 Å². The molecule has 0 unspecified atom stereocenters. The van der Waals surface area contributed by atoms with Gasteiger partial charge in [-0.3, -0.25) is 0 Å². The van der Waals surface area contributed by atoms with E-state index in [2.05, 4.69) is 8.71 Å². The Labute approximate surface area is 60.5 Å². The van der Waals surface area contributed by atoms with E-state index in [4.69, 9.17) is 0 Å². The van der Waals surface area contributed by atoms with Crippen LogP contribution < -0.4 is 4.66 Å². The van der Waals surface area contributed by atoms with Crippen molar-refractivity contribution in [1.82, 2.24) is 0 Å². The van der Waals surface area contributed by atoms with Crippen LogP contribution in [-0.2, 0) is 4.29 Å². The summed E-state index contributed by atoms with van der Waals surface area (Å²) in [6.07, 6.45) is 1.32. The molecule has 0 fully saturated rings. The molecule has 0 aliphatic carbocycles. The third kappa shape index (κ3) is 1.49. The smallest absolute Gasteiger partial charge is 0.441 e. The Morgan fingerprint density at radius 3 is 3.10 bits per heavy atom. The molecule has 1 aromatic rings. The topological polar surface area (TPSA) is 62.5 Å². The van der Waals surface area contributed by atoms with Gasteiger partial charge in [0.1, 0.15) is 0 Å². The molecule has 0 bridgehead atoms. The minimum atomic E-state index is -0.784. The number of hydrogen-bond acceptors (Lipinski definition) is 4. The monoisotopic (exact) mass is 162 g/mol. The van der Waals surface area contributed by atoms with Crippen LogP contribution in [0.3, 0.4) is 0 Å². The van der Waals surface area contributed by atoms with E-state index >= 15 is 0 Å². The second-order valence-electron chi connectivity index (χ2n) is 1.40. The maximum absolute atomic E-state index is 10.6. The summed E-state index contributed by atoms with van der Waals surface area (Å²) in [5.41, 5.74) is 0. The molecule has 0 saturated heterocycles. The lowest BCUT2D eigenvalue weighted by atomic mass is 10.5. The van der Waals surface area contributed by atoms with E-state index in [1.54, 1.807) is 0 Å². The van der Waals surface area contributed by atoms with Crippen molar-refractivity contribution in [2.45, 2.75) is 0 Å². The highest BCUT2D eigenvalue weighted by atomic mass is 35.6. The van der Waals surface area contributed by atoms with Crippen LogP contribution in [0.1, 0.15) is 10.6 Å². The van der Waals surface area contributed by atoms with E-state index in [0.717, 1.165) is 0 Å². The van der Waals surface area contributed by atoms with Crippen LogP contribution in [-0.4, -0.2) is 5.97 Å². The lowest BCUT2D eigenvalue weighted by molar-refractivity contribution is -1.26. The molecular formula is C5H3ClO4. The number of carbonyl (C=O) groups excluding carboxylic acids is 1. The zero-order chi connectivity index (χ0) is 7.40. The highest BCUT2D eigenvalue weighted by molar-refractivity contribution is 5.85. The minimum absolute atomic E-state index is 0.0170. The molecule has 0 aromatic carbocycles. The first-order chi connectivity index (χ1) is 4.84. The van der Waals surface area contributed by atoms with Gasteiger partial charge < -0.3 is 9.08 Å². The molecule has 0 amide bonds. The SMILES string of the molecule is O=C(O[Cl+][O-])c1ccco1. The van der Waals surface area contributed by atoms with Crippen LogP contribution in [0.2, 0.25) is 0 Å². The molecule has 5 heteroatoms. The van der Waals surface area contributed by atoms with Crippen molar-refractivity contribution in [1.29, 1.82) is 0 Å². The summed E-state index contributed by atoms with van der Waals surface area (Å²) < 4.78 is 18.2. The molecule has 0 radical (unpaired) electrons. The van der Waals surface area contributed by atoms with Gasteiger partial charge in [0.05, 0.1) is 6.26 Å². The van der Waals surface area contributed by atoms with Crippen LogP contribution in [0.25, 0.3) is 0 Å². The average molecular weight is 163 g/mol. The lowest BCUT2D eigenvalue weighted by Crippen LogP contribution is -2.10. The Morgan fingerprint density at radius 1 is 1.80 bits per heavy atom. The van der Waals surface area contributed by atoms with E-state index in [0.29, 0.717) is 0 Å². The summed E-state index contributed by atoms with van der Waals surface area (Å²) in [5.74, 6) is -0.767. The highest BCUT2D eigenvalue weighted by Gasteiger charge is 2.14. The largest absolute Gasteiger partial charge is 0.495 e. The number of rotatable bonds is 2. The van der Waals surface area contributed by atoms with E-state index in [1.807, 2.05) is 0 Å². The van der Waals surface area contributed by atoms with E-state index in [1.165, 1.54) is 18.4 Å². The molecule has 0 spiro atoms. The number of carbonyl (C=O) groups is 1. The van der Waals surface area contributed by atoms with Gasteiger partial charge in [-0.25, -0.2) is 4.79 Å². The van der Waals surface area contributed by atoms with Crippen molar-refractivity contribution in [3.8, 4) is 0 Å². The highest BCUT2D eigenvalue weighted by Crippen LogP contribution is 2.01. The quantitative estimate of drug-likeness (QED) is 0.600. The third-order valence-electron chi connectivity index (χ3n) is 0.824. The predicted molar refractivity (Wildman–Crippen MR) is 24.1 cm³/mol. The fraction of sp³-hybridized carbons (Fsp3) is 0. The summed E-state index contributed by atoms with van der Waals surface area (Å²) in [7, 11) is 0. The van der Waals surface area contributed by atoms with Crippen LogP contribution >= 0.6 is 0 Å². The van der Waals surface area contributed by atoms with Crippen LogP contribution in [0.4, 0.5) is 0 Å². The average Bonchev–Trinajstić information content (AvgIpc) is 2.38. The molecule has 54 valence electrons. The molecule has 1 aromatic heterocycles. The van der Waals surface area contributed by atoms with Crippen LogP contribution in [0.15, 0.2) is 22.8 Å². The fourth-order valence-corrected chi connectivity index (χ4v) is 0.595. The van der Waals surface area contributed by atoms with Crippen molar-refractivity contribution in [3.05, 3.63) is 24.2 Å². The third-order valence-corrected chi connectivity index (χ3v) is 1.03. The molecule has 0 atom stereocenters. The first-order valence-corrected chi connectivity index (χ1v) is 2.98. The Morgan fingerprint density at radius 2 is 2.60 bits per heavy atom. The van der Waals surface area contributed by atoms with E-state index in [9.17, 15) is 9.45 Å². The fourth-order valence-electron chi connectivity index (χ4n) is 0.461. The number of halogens is 1. The zero-order valence-electron chi connectivity index (χ0n) is 4.74. The van der Waals surface area contributed by atoms with Gasteiger partial charge in [0.2, 0.25) is 5.76 Å². The second-order valence-corrected chi connectivity index (χ2v) is 1.69. The Kier molecular flexibility index (Phi) is 2.30. The summed E-state index contributed by atoms with van der Waals surface area (Å²) in [4.78, 5) is 10.6. The van der Waals surface area contributed by atoms with Crippen molar-refractivity contribution in [3.63, 3.8) is 0 Å². The molecule has 1 rings (SSSR count). The molecule has 0 N–H and O–H groups in total. The zero-order valence-corrected chi connectivity index (χ0v) is 5.50. The lowest BCUT2D eigenvalue weighted by Gasteiger charge is -1.84. The van der Waals surface area contributed by atoms with Crippen LogP contribution in [0.5, 0.6) is 0 Å². The Balaban J connectivity index is 2.59. The van der Waals surface area contributed by atoms with Gasteiger partial charge in [0.15, 0.2) is 0 Å². The summed E-state index contributed by atoms with van der Waals surface area (Å²) in [6.45, 7) is 0. The van der Waals surface area contributed by atoms with Gasteiger partial charge in [0, 0.05) is 0 Å². The minimum Gasteiger partial charge on any atom is -0.495 e. The van der Waals surface area contributed by atoms with Crippen molar-refractivity contribution in [2.75, 3.05) is 0 Å². The first-order valence-electron chi connectivity index (χ1n) is 2.36. The Bertz CT molecular complexity index is 205. The summed E-state index contributed by atoms with van der Waals surface area (Å²) in [6, 6.07) is 2.93. The van der Waals surface area contributed by atoms with Crippen LogP contribution in [0, 0.1) is 11.3 Å². The van der Waals surface area contributed by atoms with Gasteiger partial charge in [-0.05, 0) is 12.1 Å². The molecule has 0 aliphatic heterocycles. The van der Waals surface area contributed by atoms with Gasteiger partial charge in [-0.15, -0.1) is 0 Å². The van der Waals surface area contributed by atoms with Crippen molar-refractivity contribution >= 4 is 5.97 Å². The normalized spacial score (nSPS) is 9.30. The summed E-state index contributed by atoms with van der Waals surface area (Å²) >= 11 is 0.164. The van der Waals surface area contributed by atoms with Gasteiger partial charge in [0.25, 0.3) is 0 Å². The molecule has 0 saturated carbocycles. The standard InChI is InChI=1S/C5H3ClO4/c7-5(10-6-8)4-2-1-3-9-4/h1-3H.